The van der Waals surface area contributed by atoms with Crippen LogP contribution in [-0.4, -0.2) is 56.7 Å². The van der Waals surface area contributed by atoms with Gasteiger partial charge in [-0.05, 0) is 70.4 Å². The number of hydrogen-bond acceptors (Lipinski definition) is 3. The molecule has 1 aliphatic rings. The standard InChI is InChI=1S/C22H39N5.HI/c1-5-23-22(24-14-11-15-26(6-2)7-3)25-19(4)20-12-10-13-21(18-20)27-16-8-9-17-27;/h10,12-13,18-19H,5-9,11,14-17H2,1-4H3,(H2,23,24,25);1H. The molecule has 1 atom stereocenters. The van der Waals surface area contributed by atoms with Gasteiger partial charge in [-0.25, -0.2) is 0 Å². The molecule has 0 spiro atoms. The third kappa shape index (κ3) is 8.15. The second-order valence-electron chi connectivity index (χ2n) is 7.30. The first-order valence-electron chi connectivity index (χ1n) is 10.8. The SMILES string of the molecule is CCNC(=NCCCN(CC)CC)NC(C)c1cccc(N2CCCC2)c1.I. The molecule has 0 amide bonds. The average Bonchev–Trinajstić information content (AvgIpc) is 3.23. The third-order valence-corrected chi connectivity index (χ3v) is 5.34. The van der Waals surface area contributed by atoms with Crippen LogP contribution in [0.5, 0.6) is 0 Å². The summed E-state index contributed by atoms with van der Waals surface area (Å²) < 4.78 is 0. The summed E-state index contributed by atoms with van der Waals surface area (Å²) in [7, 11) is 0. The van der Waals surface area contributed by atoms with Gasteiger partial charge < -0.3 is 20.4 Å². The van der Waals surface area contributed by atoms with Crippen LogP contribution in [0.25, 0.3) is 0 Å². The van der Waals surface area contributed by atoms with Gasteiger partial charge in [0.2, 0.25) is 0 Å². The van der Waals surface area contributed by atoms with E-state index < -0.39 is 0 Å². The number of nitrogens with one attached hydrogen (secondary N) is 2. The lowest BCUT2D eigenvalue weighted by Gasteiger charge is -2.22. The summed E-state index contributed by atoms with van der Waals surface area (Å²) in [4.78, 5) is 9.71. The monoisotopic (exact) mass is 501 g/mol. The Bertz CT molecular complexity index is 568. The minimum absolute atomic E-state index is 0. The second kappa shape index (κ2) is 14.0. The van der Waals surface area contributed by atoms with Crippen LogP contribution in [0.3, 0.4) is 0 Å². The molecule has 1 aromatic rings. The lowest BCUT2D eigenvalue weighted by atomic mass is 10.1. The van der Waals surface area contributed by atoms with E-state index in [0.29, 0.717) is 0 Å². The van der Waals surface area contributed by atoms with Gasteiger partial charge in [-0.3, -0.25) is 4.99 Å². The molecule has 6 heteroatoms. The summed E-state index contributed by atoms with van der Waals surface area (Å²) in [5.41, 5.74) is 2.66. The molecule has 2 rings (SSSR count). The molecule has 1 fully saturated rings. The maximum atomic E-state index is 4.78. The van der Waals surface area contributed by atoms with E-state index in [1.54, 1.807) is 0 Å². The predicted octanol–water partition coefficient (Wildman–Crippen LogP) is 4.25. The number of rotatable bonds is 10. The highest BCUT2D eigenvalue weighted by Crippen LogP contribution is 2.23. The molecule has 0 radical (unpaired) electrons. The molecule has 1 aliphatic heterocycles. The highest BCUT2D eigenvalue weighted by Gasteiger charge is 2.14. The number of aliphatic imine (C=N–C) groups is 1. The topological polar surface area (TPSA) is 42.9 Å². The van der Waals surface area contributed by atoms with E-state index in [4.69, 9.17) is 4.99 Å². The Morgan fingerprint density at radius 3 is 2.54 bits per heavy atom. The quantitative estimate of drug-likeness (QED) is 0.218. The fraction of sp³-hybridized carbons (Fsp3) is 0.682. The Kier molecular flexibility index (Phi) is 12.5. The highest BCUT2D eigenvalue weighted by molar-refractivity contribution is 14.0. The van der Waals surface area contributed by atoms with Gasteiger partial charge in [0.05, 0.1) is 6.04 Å². The molecule has 1 heterocycles. The third-order valence-electron chi connectivity index (χ3n) is 5.34. The Morgan fingerprint density at radius 1 is 1.18 bits per heavy atom. The van der Waals surface area contributed by atoms with Crippen molar-refractivity contribution >= 4 is 35.6 Å². The van der Waals surface area contributed by atoms with Crippen molar-refractivity contribution in [2.45, 2.75) is 53.0 Å². The van der Waals surface area contributed by atoms with Crippen molar-refractivity contribution in [3.05, 3.63) is 29.8 Å². The molecule has 0 aliphatic carbocycles. The highest BCUT2D eigenvalue weighted by atomic mass is 127. The van der Waals surface area contributed by atoms with Crippen molar-refractivity contribution in [3.63, 3.8) is 0 Å². The Balaban J connectivity index is 0.00000392. The summed E-state index contributed by atoms with van der Waals surface area (Å²) in [6.45, 7) is 16.2. The first-order valence-corrected chi connectivity index (χ1v) is 10.8. The minimum atomic E-state index is 0. The normalized spacial score (nSPS) is 15.5. The molecule has 5 nitrogen and oxygen atoms in total. The van der Waals surface area contributed by atoms with Gasteiger partial charge in [0.15, 0.2) is 5.96 Å². The van der Waals surface area contributed by atoms with E-state index in [-0.39, 0.29) is 30.0 Å². The van der Waals surface area contributed by atoms with Gasteiger partial charge in [-0.15, -0.1) is 24.0 Å². The van der Waals surface area contributed by atoms with Crippen LogP contribution in [0.1, 0.15) is 58.6 Å². The molecule has 160 valence electrons. The largest absolute Gasteiger partial charge is 0.372 e. The Hall–Kier alpha value is -1.02. The molecule has 28 heavy (non-hydrogen) atoms. The van der Waals surface area contributed by atoms with Gasteiger partial charge in [-0.2, -0.15) is 0 Å². The minimum Gasteiger partial charge on any atom is -0.372 e. The van der Waals surface area contributed by atoms with Crippen molar-refractivity contribution in [3.8, 4) is 0 Å². The van der Waals surface area contributed by atoms with Crippen LogP contribution in [0.2, 0.25) is 0 Å². The van der Waals surface area contributed by atoms with Gasteiger partial charge in [-0.1, -0.05) is 26.0 Å². The molecule has 2 N–H and O–H groups in total. The van der Waals surface area contributed by atoms with E-state index in [2.05, 4.69) is 72.4 Å². The van der Waals surface area contributed by atoms with E-state index in [9.17, 15) is 0 Å². The van der Waals surface area contributed by atoms with Gasteiger partial charge in [0, 0.05) is 31.9 Å². The summed E-state index contributed by atoms with van der Waals surface area (Å²) in [5.74, 6) is 0.913. The Labute approximate surface area is 189 Å². The van der Waals surface area contributed by atoms with E-state index in [1.165, 1.54) is 37.2 Å². The fourth-order valence-electron chi connectivity index (χ4n) is 3.60. The zero-order valence-electron chi connectivity index (χ0n) is 18.2. The summed E-state index contributed by atoms with van der Waals surface area (Å²) in [6.07, 6.45) is 3.71. The molecule has 1 aromatic carbocycles. The molecule has 0 saturated carbocycles. The van der Waals surface area contributed by atoms with E-state index >= 15 is 0 Å². The van der Waals surface area contributed by atoms with Gasteiger partial charge in [0.1, 0.15) is 0 Å². The number of nitrogens with zero attached hydrogens (tertiary/aromatic N) is 3. The van der Waals surface area contributed by atoms with Crippen LogP contribution in [0, 0.1) is 0 Å². The van der Waals surface area contributed by atoms with Crippen molar-refractivity contribution in [2.24, 2.45) is 4.99 Å². The molecule has 1 unspecified atom stereocenters. The summed E-state index contributed by atoms with van der Waals surface area (Å²) in [5, 5.41) is 6.96. The molecule has 0 bridgehead atoms. The number of guanidine groups is 1. The maximum absolute atomic E-state index is 4.78. The van der Waals surface area contributed by atoms with Crippen molar-refractivity contribution < 1.29 is 0 Å². The van der Waals surface area contributed by atoms with Crippen LogP contribution >= 0.6 is 24.0 Å². The van der Waals surface area contributed by atoms with Crippen molar-refractivity contribution in [1.29, 1.82) is 0 Å². The molecule has 0 aromatic heterocycles. The lowest BCUT2D eigenvalue weighted by Crippen LogP contribution is -2.39. The smallest absolute Gasteiger partial charge is 0.191 e. The summed E-state index contributed by atoms with van der Waals surface area (Å²) in [6, 6.07) is 9.17. The van der Waals surface area contributed by atoms with Crippen LogP contribution in [0.4, 0.5) is 5.69 Å². The lowest BCUT2D eigenvalue weighted by molar-refractivity contribution is 0.302. The van der Waals surface area contributed by atoms with Crippen LogP contribution in [-0.2, 0) is 0 Å². The first kappa shape index (κ1) is 25.0. The van der Waals surface area contributed by atoms with E-state index in [0.717, 1.165) is 45.1 Å². The molecular weight excluding hydrogens is 461 g/mol. The fourth-order valence-corrected chi connectivity index (χ4v) is 3.60. The number of benzene rings is 1. The van der Waals surface area contributed by atoms with Crippen molar-refractivity contribution in [1.82, 2.24) is 15.5 Å². The molecule has 1 saturated heterocycles. The second-order valence-corrected chi connectivity index (χ2v) is 7.30. The summed E-state index contributed by atoms with van der Waals surface area (Å²) >= 11 is 0. The molecular formula is C22H40IN5. The number of hydrogen-bond donors (Lipinski definition) is 2. The van der Waals surface area contributed by atoms with Gasteiger partial charge >= 0.3 is 0 Å². The maximum Gasteiger partial charge on any atom is 0.191 e. The Morgan fingerprint density at radius 2 is 1.89 bits per heavy atom. The van der Waals surface area contributed by atoms with Gasteiger partial charge in [0.25, 0.3) is 0 Å². The van der Waals surface area contributed by atoms with Crippen LogP contribution in [0.15, 0.2) is 29.3 Å². The zero-order valence-corrected chi connectivity index (χ0v) is 20.5. The number of anilines is 1. The van der Waals surface area contributed by atoms with E-state index in [1.807, 2.05) is 0 Å². The first-order chi connectivity index (χ1) is 13.2. The number of halogens is 1. The predicted molar refractivity (Wildman–Crippen MR) is 133 cm³/mol. The average molecular weight is 502 g/mol. The van der Waals surface area contributed by atoms with Crippen LogP contribution < -0.4 is 15.5 Å². The van der Waals surface area contributed by atoms with Crippen molar-refractivity contribution in [2.75, 3.05) is 50.7 Å². The zero-order chi connectivity index (χ0) is 19.5.